The van der Waals surface area contributed by atoms with Crippen LogP contribution in [0.1, 0.15) is 28.8 Å². The molecule has 0 amide bonds. The van der Waals surface area contributed by atoms with Crippen LogP contribution in [-0.4, -0.2) is 37.4 Å². The van der Waals surface area contributed by atoms with Crippen molar-refractivity contribution in [2.24, 2.45) is 0 Å². The quantitative estimate of drug-likeness (QED) is 0.932. The van der Waals surface area contributed by atoms with Crippen LogP contribution in [0.15, 0.2) is 18.2 Å². The summed E-state index contributed by atoms with van der Waals surface area (Å²) in [7, 11) is 1.57. The maximum Gasteiger partial charge on any atom is 0.417 e. The first-order valence-electron chi connectivity index (χ1n) is 6.55. The Balaban J connectivity index is 2.35. The molecule has 0 saturated carbocycles. The lowest BCUT2D eigenvalue weighted by Gasteiger charge is -2.34. The van der Waals surface area contributed by atoms with E-state index in [1.54, 1.807) is 12.0 Å². The van der Waals surface area contributed by atoms with Crippen molar-refractivity contribution in [3.63, 3.8) is 0 Å². The number of aromatic carboxylic acids is 1. The monoisotopic (exact) mass is 303 g/mol. The maximum absolute atomic E-state index is 13.0. The van der Waals surface area contributed by atoms with Gasteiger partial charge in [-0.2, -0.15) is 13.2 Å². The molecule has 2 rings (SSSR count). The van der Waals surface area contributed by atoms with Crippen LogP contribution in [-0.2, 0) is 10.9 Å². The number of rotatable bonds is 3. The fourth-order valence-electron chi connectivity index (χ4n) is 2.52. The number of benzene rings is 1. The van der Waals surface area contributed by atoms with Crippen molar-refractivity contribution in [2.75, 3.05) is 25.1 Å². The summed E-state index contributed by atoms with van der Waals surface area (Å²) in [6, 6.07) is 3.33. The van der Waals surface area contributed by atoms with Crippen molar-refractivity contribution in [1.29, 1.82) is 0 Å². The van der Waals surface area contributed by atoms with E-state index in [1.807, 2.05) is 0 Å². The van der Waals surface area contributed by atoms with Crippen molar-refractivity contribution in [3.05, 3.63) is 29.3 Å². The number of carbonyl (C=O) groups is 1. The third-order valence-corrected chi connectivity index (χ3v) is 3.62. The molecule has 1 N–H and O–H groups in total. The molecule has 1 aliphatic rings. The van der Waals surface area contributed by atoms with Crippen LogP contribution in [0.25, 0.3) is 0 Å². The second kappa shape index (κ2) is 5.93. The lowest BCUT2D eigenvalue weighted by Crippen LogP contribution is -2.39. The average Bonchev–Trinajstić information content (AvgIpc) is 2.45. The molecule has 1 atom stereocenters. The van der Waals surface area contributed by atoms with Crippen LogP contribution >= 0.6 is 0 Å². The van der Waals surface area contributed by atoms with Gasteiger partial charge in [-0.15, -0.1) is 0 Å². The van der Waals surface area contributed by atoms with Gasteiger partial charge in [-0.1, -0.05) is 0 Å². The van der Waals surface area contributed by atoms with Crippen molar-refractivity contribution in [1.82, 2.24) is 0 Å². The first kappa shape index (κ1) is 15.6. The van der Waals surface area contributed by atoms with E-state index in [1.165, 1.54) is 6.07 Å². The van der Waals surface area contributed by atoms with E-state index < -0.39 is 23.3 Å². The molecule has 0 aromatic heterocycles. The van der Waals surface area contributed by atoms with E-state index in [9.17, 15) is 18.0 Å². The SMILES string of the molecule is COC1CCCN(c2ccc(C(=O)O)c(C(F)(F)F)c2)C1. The minimum Gasteiger partial charge on any atom is -0.478 e. The van der Waals surface area contributed by atoms with Crippen LogP contribution in [0, 0.1) is 0 Å². The Morgan fingerprint density at radius 2 is 2.14 bits per heavy atom. The number of carboxylic acids is 1. The predicted octanol–water partition coefficient (Wildman–Crippen LogP) is 3.02. The summed E-state index contributed by atoms with van der Waals surface area (Å²) in [4.78, 5) is 12.7. The molecule has 0 spiro atoms. The zero-order valence-electron chi connectivity index (χ0n) is 11.5. The molecule has 116 valence electrons. The summed E-state index contributed by atoms with van der Waals surface area (Å²) >= 11 is 0. The van der Waals surface area contributed by atoms with Gasteiger partial charge in [-0.25, -0.2) is 4.79 Å². The highest BCUT2D eigenvalue weighted by molar-refractivity contribution is 5.90. The smallest absolute Gasteiger partial charge is 0.417 e. The van der Waals surface area contributed by atoms with Crippen LogP contribution in [0.4, 0.5) is 18.9 Å². The third kappa shape index (κ3) is 3.47. The molecule has 1 aromatic rings. The molecule has 1 aliphatic heterocycles. The standard InChI is InChI=1S/C14H16F3NO3/c1-21-10-3-2-6-18(8-10)9-4-5-11(13(19)20)12(7-9)14(15,16)17/h4-5,7,10H,2-3,6,8H2,1H3,(H,19,20). The van der Waals surface area contributed by atoms with Crippen molar-refractivity contribution in [3.8, 4) is 0 Å². The van der Waals surface area contributed by atoms with Crippen molar-refractivity contribution >= 4 is 11.7 Å². The van der Waals surface area contributed by atoms with E-state index in [0.29, 0.717) is 18.8 Å². The Bertz CT molecular complexity index is 531. The summed E-state index contributed by atoms with van der Waals surface area (Å²) in [6.45, 7) is 1.13. The van der Waals surface area contributed by atoms with Gasteiger partial charge in [0.05, 0.1) is 17.2 Å². The Kier molecular flexibility index (Phi) is 4.41. The van der Waals surface area contributed by atoms with Crippen LogP contribution in [0.3, 0.4) is 0 Å². The van der Waals surface area contributed by atoms with Gasteiger partial charge in [0, 0.05) is 25.9 Å². The van der Waals surface area contributed by atoms with Gasteiger partial charge in [0.2, 0.25) is 0 Å². The Morgan fingerprint density at radius 3 is 2.71 bits per heavy atom. The average molecular weight is 303 g/mol. The fourth-order valence-corrected chi connectivity index (χ4v) is 2.52. The third-order valence-electron chi connectivity index (χ3n) is 3.62. The number of alkyl halides is 3. The summed E-state index contributed by atoms with van der Waals surface area (Å²) < 4.78 is 44.2. The lowest BCUT2D eigenvalue weighted by molar-refractivity contribution is -0.138. The van der Waals surface area contributed by atoms with E-state index in [0.717, 1.165) is 25.0 Å². The number of ether oxygens (including phenoxy) is 1. The van der Waals surface area contributed by atoms with Crippen LogP contribution in [0.5, 0.6) is 0 Å². The molecule has 0 bridgehead atoms. The predicted molar refractivity (Wildman–Crippen MR) is 70.6 cm³/mol. The minimum atomic E-state index is -4.69. The molecule has 7 heteroatoms. The number of piperidine rings is 1. The first-order valence-corrected chi connectivity index (χ1v) is 6.55. The lowest BCUT2D eigenvalue weighted by atomic mass is 10.0. The normalized spacial score (nSPS) is 19.6. The first-order chi connectivity index (χ1) is 9.82. The zero-order chi connectivity index (χ0) is 15.6. The number of halogens is 3. The number of methoxy groups -OCH3 is 1. The molecule has 21 heavy (non-hydrogen) atoms. The molecule has 1 aromatic carbocycles. The second-order valence-corrected chi connectivity index (χ2v) is 4.98. The number of carboxylic acid groups (broad SMARTS) is 1. The number of hydrogen-bond acceptors (Lipinski definition) is 3. The molecule has 0 radical (unpaired) electrons. The summed E-state index contributed by atoms with van der Waals surface area (Å²) in [6.07, 6.45) is -3.03. The van der Waals surface area contributed by atoms with Crippen LogP contribution in [0.2, 0.25) is 0 Å². The van der Waals surface area contributed by atoms with Crippen molar-refractivity contribution < 1.29 is 27.8 Å². The number of anilines is 1. The minimum absolute atomic E-state index is 0.0211. The maximum atomic E-state index is 13.0. The second-order valence-electron chi connectivity index (χ2n) is 4.98. The largest absolute Gasteiger partial charge is 0.478 e. The summed E-state index contributed by atoms with van der Waals surface area (Å²) in [5.74, 6) is -1.58. The molecule has 1 fully saturated rings. The summed E-state index contributed by atoms with van der Waals surface area (Å²) in [5.41, 5.74) is -1.48. The highest BCUT2D eigenvalue weighted by atomic mass is 19.4. The van der Waals surface area contributed by atoms with E-state index in [2.05, 4.69) is 0 Å². The van der Waals surface area contributed by atoms with Gasteiger partial charge in [-0.05, 0) is 31.0 Å². The molecule has 1 saturated heterocycles. The Morgan fingerprint density at radius 1 is 1.43 bits per heavy atom. The molecule has 1 unspecified atom stereocenters. The van der Waals surface area contributed by atoms with Gasteiger partial charge < -0.3 is 14.7 Å². The highest BCUT2D eigenvalue weighted by Crippen LogP contribution is 2.35. The van der Waals surface area contributed by atoms with Gasteiger partial charge in [0.15, 0.2) is 0 Å². The molecule has 4 nitrogen and oxygen atoms in total. The highest BCUT2D eigenvalue weighted by Gasteiger charge is 2.36. The Labute approximate surface area is 120 Å². The number of nitrogens with zero attached hydrogens (tertiary/aromatic N) is 1. The van der Waals surface area contributed by atoms with Gasteiger partial charge in [-0.3, -0.25) is 0 Å². The zero-order valence-corrected chi connectivity index (χ0v) is 11.5. The number of hydrogen-bond donors (Lipinski definition) is 1. The van der Waals surface area contributed by atoms with Crippen LogP contribution < -0.4 is 4.90 Å². The van der Waals surface area contributed by atoms with Gasteiger partial charge >= 0.3 is 12.1 Å². The van der Waals surface area contributed by atoms with E-state index >= 15 is 0 Å². The molecular formula is C14H16F3NO3. The van der Waals surface area contributed by atoms with Gasteiger partial charge in [0.1, 0.15) is 0 Å². The van der Waals surface area contributed by atoms with Crippen molar-refractivity contribution in [2.45, 2.75) is 25.1 Å². The van der Waals surface area contributed by atoms with E-state index in [-0.39, 0.29) is 6.10 Å². The molecule has 0 aliphatic carbocycles. The Hall–Kier alpha value is -1.76. The molecular weight excluding hydrogens is 287 g/mol. The fraction of sp³-hybridized carbons (Fsp3) is 0.500. The molecule has 1 heterocycles. The topological polar surface area (TPSA) is 49.8 Å². The van der Waals surface area contributed by atoms with Gasteiger partial charge in [0.25, 0.3) is 0 Å². The summed E-state index contributed by atoms with van der Waals surface area (Å²) in [5, 5.41) is 8.88. The van der Waals surface area contributed by atoms with E-state index in [4.69, 9.17) is 9.84 Å².